The van der Waals surface area contributed by atoms with E-state index in [-0.39, 0.29) is 18.7 Å². The number of halogens is 1. The van der Waals surface area contributed by atoms with Crippen LogP contribution in [0.25, 0.3) is 11.3 Å². The van der Waals surface area contributed by atoms with Gasteiger partial charge in [-0.15, -0.1) is 0 Å². The fourth-order valence-corrected chi connectivity index (χ4v) is 2.06. The Morgan fingerprint density at radius 1 is 1.55 bits per heavy atom. The van der Waals surface area contributed by atoms with Crippen LogP contribution in [-0.2, 0) is 4.84 Å². The Hall–Kier alpha value is -2.25. The Balaban J connectivity index is 1.92. The number of carbonyl (C=O) groups excluding carboxylic acids is 1. The lowest BCUT2D eigenvalue weighted by atomic mass is 10.1. The molecule has 1 fully saturated rings. The quantitative estimate of drug-likeness (QED) is 0.857. The number of carbonyl (C=O) groups is 1. The summed E-state index contributed by atoms with van der Waals surface area (Å²) in [5, 5.41) is 17.0. The van der Waals surface area contributed by atoms with Gasteiger partial charge in [-0.3, -0.25) is 14.7 Å². The lowest BCUT2D eigenvalue weighted by molar-refractivity contribution is -0.0779. The number of hydroxylamine groups is 2. The highest BCUT2D eigenvalue weighted by molar-refractivity contribution is 5.99. The van der Waals surface area contributed by atoms with Crippen molar-refractivity contribution in [1.82, 2.24) is 15.3 Å². The number of nitrogens with one attached hydrogen (secondary N) is 1. The Labute approximate surface area is 113 Å². The monoisotopic (exact) mass is 277 g/mol. The highest BCUT2D eigenvalue weighted by Gasteiger charge is 2.29. The number of rotatable bonds is 2. The fraction of sp³-hybridized carbons (Fsp3) is 0.231. The molecule has 2 aromatic rings. The highest BCUT2D eigenvalue weighted by atomic mass is 19.1. The molecule has 1 aromatic carbocycles. The minimum atomic E-state index is -0.691. The van der Waals surface area contributed by atoms with E-state index in [2.05, 4.69) is 10.2 Å². The number of aromatic nitrogens is 2. The first kappa shape index (κ1) is 12.8. The second-order valence-electron chi connectivity index (χ2n) is 4.48. The van der Waals surface area contributed by atoms with E-state index in [1.807, 2.05) is 0 Å². The van der Waals surface area contributed by atoms with Crippen LogP contribution in [0.1, 0.15) is 10.4 Å². The number of aromatic amines is 1. The van der Waals surface area contributed by atoms with Crippen molar-refractivity contribution < 1.29 is 19.1 Å². The number of β-amino-alcohol motifs (C(OH)–C–C–N with tert-alkyl or cyclic N) is 1. The summed E-state index contributed by atoms with van der Waals surface area (Å²) in [7, 11) is 0. The van der Waals surface area contributed by atoms with Crippen LogP contribution in [0, 0.1) is 5.82 Å². The molecule has 1 unspecified atom stereocenters. The molecule has 1 aromatic heterocycles. The van der Waals surface area contributed by atoms with Gasteiger partial charge in [0.2, 0.25) is 0 Å². The minimum Gasteiger partial charge on any atom is -0.389 e. The van der Waals surface area contributed by atoms with Crippen molar-refractivity contribution in [3.05, 3.63) is 41.8 Å². The Morgan fingerprint density at radius 2 is 2.40 bits per heavy atom. The average molecular weight is 277 g/mol. The van der Waals surface area contributed by atoms with Crippen molar-refractivity contribution in [3.8, 4) is 11.3 Å². The van der Waals surface area contributed by atoms with Gasteiger partial charge in [-0.1, -0.05) is 12.1 Å². The normalized spacial score (nSPS) is 18.5. The maximum atomic E-state index is 13.3. The van der Waals surface area contributed by atoms with Crippen molar-refractivity contribution in [3.63, 3.8) is 0 Å². The summed E-state index contributed by atoms with van der Waals surface area (Å²) in [4.78, 5) is 17.4. The molecule has 0 spiro atoms. The summed E-state index contributed by atoms with van der Waals surface area (Å²) in [6.07, 6.45) is 0.667. The van der Waals surface area contributed by atoms with Crippen LogP contribution in [0.3, 0.4) is 0 Å². The van der Waals surface area contributed by atoms with Crippen molar-refractivity contribution in [2.45, 2.75) is 6.10 Å². The zero-order valence-corrected chi connectivity index (χ0v) is 10.4. The molecule has 0 saturated carbocycles. The molecule has 1 aliphatic rings. The zero-order chi connectivity index (χ0) is 14.1. The molecule has 7 heteroatoms. The molecule has 0 aliphatic carbocycles. The van der Waals surface area contributed by atoms with Crippen molar-refractivity contribution in [2.24, 2.45) is 0 Å². The lowest BCUT2D eigenvalue weighted by Gasteiger charge is -2.13. The molecular weight excluding hydrogens is 265 g/mol. The predicted molar refractivity (Wildman–Crippen MR) is 67.0 cm³/mol. The SMILES string of the molecule is O=C(c1cn[nH]c1-c1cccc(F)c1)N1CC(O)CO1. The molecule has 2 N–H and O–H groups in total. The fourth-order valence-electron chi connectivity index (χ4n) is 2.06. The first-order valence-corrected chi connectivity index (χ1v) is 6.07. The van der Waals surface area contributed by atoms with Crippen molar-refractivity contribution in [1.29, 1.82) is 0 Å². The Kier molecular flexibility index (Phi) is 3.21. The summed E-state index contributed by atoms with van der Waals surface area (Å²) in [6, 6.07) is 5.86. The second-order valence-corrected chi connectivity index (χ2v) is 4.48. The number of aliphatic hydroxyl groups excluding tert-OH is 1. The van der Waals surface area contributed by atoms with E-state index in [1.165, 1.54) is 18.3 Å². The Morgan fingerprint density at radius 3 is 3.10 bits per heavy atom. The summed E-state index contributed by atoms with van der Waals surface area (Å²) in [5.41, 5.74) is 1.20. The van der Waals surface area contributed by atoms with Crippen LogP contribution in [0.15, 0.2) is 30.5 Å². The van der Waals surface area contributed by atoms with Crippen molar-refractivity contribution >= 4 is 5.91 Å². The van der Waals surface area contributed by atoms with E-state index in [0.29, 0.717) is 11.3 Å². The first-order valence-electron chi connectivity index (χ1n) is 6.07. The van der Waals surface area contributed by atoms with Crippen LogP contribution in [0.4, 0.5) is 4.39 Å². The number of amides is 1. The largest absolute Gasteiger partial charge is 0.389 e. The van der Waals surface area contributed by atoms with Gasteiger partial charge in [0, 0.05) is 5.56 Å². The summed E-state index contributed by atoms with van der Waals surface area (Å²) in [5.74, 6) is -0.821. The molecule has 1 saturated heterocycles. The van der Waals surface area contributed by atoms with Gasteiger partial charge in [0.1, 0.15) is 18.5 Å². The number of H-pyrrole nitrogens is 1. The molecule has 104 valence electrons. The average Bonchev–Trinajstić information content (AvgIpc) is 3.06. The molecule has 1 amide bonds. The van der Waals surface area contributed by atoms with Crippen LogP contribution in [0.5, 0.6) is 0 Å². The first-order chi connectivity index (χ1) is 9.65. The van der Waals surface area contributed by atoms with E-state index < -0.39 is 17.8 Å². The molecule has 1 atom stereocenters. The van der Waals surface area contributed by atoms with Gasteiger partial charge < -0.3 is 5.11 Å². The topological polar surface area (TPSA) is 78.5 Å². The molecule has 0 bridgehead atoms. The molecule has 6 nitrogen and oxygen atoms in total. The molecule has 0 radical (unpaired) electrons. The molecule has 2 heterocycles. The Bertz CT molecular complexity index is 643. The smallest absolute Gasteiger partial charge is 0.281 e. The lowest BCUT2D eigenvalue weighted by Crippen LogP contribution is -2.28. The van der Waals surface area contributed by atoms with Crippen molar-refractivity contribution in [2.75, 3.05) is 13.2 Å². The van der Waals surface area contributed by atoms with Gasteiger partial charge in [0.25, 0.3) is 5.91 Å². The maximum absolute atomic E-state index is 13.3. The van der Waals surface area contributed by atoms with E-state index >= 15 is 0 Å². The third-order valence-corrected chi connectivity index (χ3v) is 3.01. The maximum Gasteiger partial charge on any atom is 0.281 e. The number of hydrogen-bond donors (Lipinski definition) is 2. The van der Waals surface area contributed by atoms with Gasteiger partial charge in [-0.25, -0.2) is 9.45 Å². The summed E-state index contributed by atoms with van der Waals surface area (Å²) < 4.78 is 13.3. The van der Waals surface area contributed by atoms with Crippen LogP contribution < -0.4 is 0 Å². The van der Waals surface area contributed by atoms with Gasteiger partial charge in [-0.05, 0) is 12.1 Å². The molecule has 1 aliphatic heterocycles. The predicted octanol–water partition coefficient (Wildman–Crippen LogP) is 0.964. The molecule has 3 rings (SSSR count). The zero-order valence-electron chi connectivity index (χ0n) is 10.4. The summed E-state index contributed by atoms with van der Waals surface area (Å²) >= 11 is 0. The molecular formula is C13H12FN3O3. The molecule has 20 heavy (non-hydrogen) atoms. The third-order valence-electron chi connectivity index (χ3n) is 3.01. The van der Waals surface area contributed by atoms with E-state index in [0.717, 1.165) is 5.06 Å². The number of benzene rings is 1. The minimum absolute atomic E-state index is 0.0822. The van der Waals surface area contributed by atoms with Crippen LogP contribution in [0.2, 0.25) is 0 Å². The number of nitrogens with zero attached hydrogens (tertiary/aromatic N) is 2. The number of aliphatic hydroxyl groups is 1. The van der Waals surface area contributed by atoms with Crippen LogP contribution in [-0.4, -0.2) is 45.5 Å². The highest BCUT2D eigenvalue weighted by Crippen LogP contribution is 2.24. The summed E-state index contributed by atoms with van der Waals surface area (Å²) in [6.45, 7) is 0.186. The van der Waals surface area contributed by atoms with E-state index in [4.69, 9.17) is 4.84 Å². The standard InChI is InChI=1S/C13H12FN3O3/c14-9-3-1-2-8(4-9)12-11(5-15-16-12)13(19)17-6-10(18)7-20-17/h1-5,10,18H,6-7H2,(H,15,16). The van der Waals surface area contributed by atoms with Gasteiger partial charge in [0.15, 0.2) is 0 Å². The number of hydrogen-bond acceptors (Lipinski definition) is 4. The second kappa shape index (κ2) is 5.03. The van der Waals surface area contributed by atoms with Gasteiger partial charge >= 0.3 is 0 Å². The van der Waals surface area contributed by atoms with Gasteiger partial charge in [0.05, 0.1) is 24.0 Å². The third kappa shape index (κ3) is 2.28. The van der Waals surface area contributed by atoms with Gasteiger partial charge in [-0.2, -0.15) is 5.10 Å². The van der Waals surface area contributed by atoms with E-state index in [1.54, 1.807) is 12.1 Å². The van der Waals surface area contributed by atoms with Crippen LogP contribution >= 0.6 is 0 Å². The van der Waals surface area contributed by atoms with E-state index in [9.17, 15) is 14.3 Å².